The van der Waals surface area contributed by atoms with Crippen molar-refractivity contribution in [3.63, 3.8) is 0 Å². The molecule has 0 N–H and O–H groups in total. The summed E-state index contributed by atoms with van der Waals surface area (Å²) in [5.41, 5.74) is 0. The molecule has 8 heteroatoms. The van der Waals surface area contributed by atoms with E-state index in [0.717, 1.165) is 0 Å². The van der Waals surface area contributed by atoms with Gasteiger partial charge in [-0.1, -0.05) is 0 Å². The van der Waals surface area contributed by atoms with Gasteiger partial charge in [-0.15, -0.1) is 0 Å². The van der Waals surface area contributed by atoms with Crippen LogP contribution in [0.1, 0.15) is 0 Å². The quantitative estimate of drug-likeness (QED) is 0.298. The molecule has 0 aliphatic heterocycles. The van der Waals surface area contributed by atoms with Crippen LogP contribution in [0.15, 0.2) is 0 Å². The van der Waals surface area contributed by atoms with E-state index in [1.807, 2.05) is 0 Å². The first-order valence-electron chi connectivity index (χ1n) is 0. The Morgan fingerprint density at radius 2 is 0.500 bits per heavy atom. The van der Waals surface area contributed by atoms with E-state index in [1.54, 1.807) is 0 Å². The van der Waals surface area contributed by atoms with Crippen LogP contribution in [-0.2, 0) is 0 Å². The molecule has 8 heavy (non-hydrogen) atoms. The summed E-state index contributed by atoms with van der Waals surface area (Å²) in [6, 6.07) is 0. The molecule has 0 aromatic carbocycles. The van der Waals surface area contributed by atoms with Crippen molar-refractivity contribution in [3.8, 4) is 0 Å². The van der Waals surface area contributed by atoms with Crippen molar-refractivity contribution in [1.29, 1.82) is 0 Å². The zero-order chi connectivity index (χ0) is 0. The monoisotopic (exact) mass is 258 g/mol. The number of hydrogen-bond donors (Lipinski definition) is 0. The maximum Gasteiger partial charge on any atom is 4.00 e. The van der Waals surface area contributed by atoms with E-state index in [9.17, 15) is 0 Å². The molecule has 0 unspecified atom stereocenters. The largest absolute Gasteiger partial charge is 4.00 e. The summed E-state index contributed by atoms with van der Waals surface area (Å²) in [5, 5.41) is 0. The van der Waals surface area contributed by atoms with Crippen molar-refractivity contribution in [1.82, 2.24) is 0 Å². The zero-order valence-corrected chi connectivity index (χ0v) is 8.65. The number of rotatable bonds is 0. The second-order valence-electron chi connectivity index (χ2n) is 0. The fourth-order valence-corrected chi connectivity index (χ4v) is 0. The van der Waals surface area contributed by atoms with Crippen molar-refractivity contribution in [2.24, 2.45) is 0 Å². The zero-order valence-electron chi connectivity index (χ0n) is 3.80. The van der Waals surface area contributed by atoms with Crippen molar-refractivity contribution in [3.05, 3.63) is 0 Å². The minimum Gasteiger partial charge on any atom is -1.00 e. The van der Waals surface area contributed by atoms with Crippen LogP contribution in [0.3, 0.4) is 0 Å². The molecule has 0 nitrogen and oxygen atoms in total. The van der Waals surface area contributed by atoms with E-state index >= 15 is 0 Å². The number of halogens is 6. The molecule has 0 aliphatic carbocycles. The Morgan fingerprint density at radius 1 is 0.500 bits per heavy atom. The van der Waals surface area contributed by atoms with E-state index in [0.29, 0.717) is 0 Å². The molecule has 0 aliphatic rings. The van der Waals surface area contributed by atoms with Crippen LogP contribution in [0.4, 0.5) is 4.70 Å². The van der Waals surface area contributed by atoms with Gasteiger partial charge in [-0.05, 0) is 0 Å². The van der Waals surface area contributed by atoms with Crippen molar-refractivity contribution in [2.45, 2.75) is 0 Å². The van der Waals surface area contributed by atoms with E-state index in [1.165, 1.54) is 0 Å². The molecule has 48 valence electrons. The van der Waals surface area contributed by atoms with E-state index < -0.39 is 0 Å². The Kier molecular flexibility index (Phi) is 10400. The molecular formula is HF6NaSn. The van der Waals surface area contributed by atoms with E-state index in [2.05, 4.69) is 0 Å². The molecule has 0 aromatic rings. The molecule has 0 saturated heterocycles. The third-order valence-corrected chi connectivity index (χ3v) is 0. The van der Waals surface area contributed by atoms with Crippen LogP contribution < -0.4 is 53.1 Å². The number of hydrogen-bond acceptors (Lipinski definition) is 0. The molecule has 0 bridgehead atoms. The van der Waals surface area contributed by atoms with Gasteiger partial charge in [-0.3, -0.25) is 4.70 Å². The second kappa shape index (κ2) is 240. The Labute approximate surface area is 81.2 Å². The van der Waals surface area contributed by atoms with Crippen LogP contribution in [0.5, 0.6) is 0 Å². The molecule has 0 saturated carbocycles. The summed E-state index contributed by atoms with van der Waals surface area (Å²) < 4.78 is 0. The van der Waals surface area contributed by atoms with Gasteiger partial charge in [-0.2, -0.15) is 0 Å². The van der Waals surface area contributed by atoms with Gasteiger partial charge in [0.1, 0.15) is 0 Å². The minimum atomic E-state index is 0. The summed E-state index contributed by atoms with van der Waals surface area (Å²) in [6.45, 7) is 0. The standard InChI is InChI=1S/6FH.Na.Sn/h6*1H;;/q;;;;;;+1;+4/p-5. The average molecular weight is 257 g/mol. The summed E-state index contributed by atoms with van der Waals surface area (Å²) >= 11 is 0. The maximum absolute atomic E-state index is 0. The predicted molar refractivity (Wildman–Crippen MR) is 8.26 cm³/mol. The smallest absolute Gasteiger partial charge is 1.00 e. The summed E-state index contributed by atoms with van der Waals surface area (Å²) in [7, 11) is 0. The SMILES string of the molecule is F.[F-].[F-].[F-].[F-].[F-].[Na+].[Sn+4]. The van der Waals surface area contributed by atoms with Gasteiger partial charge in [0, 0.05) is 0 Å². The first-order chi connectivity index (χ1) is 0. The Morgan fingerprint density at radius 3 is 0.500 bits per heavy atom. The van der Waals surface area contributed by atoms with E-state index in [-0.39, 0.29) is 81.7 Å². The van der Waals surface area contributed by atoms with Gasteiger partial charge in [0.05, 0.1) is 0 Å². The summed E-state index contributed by atoms with van der Waals surface area (Å²) in [5.74, 6) is 0. The fraction of sp³-hybridized carbons (Fsp3) is 0. The Balaban J connectivity index is 0. The third-order valence-electron chi connectivity index (χ3n) is 0. The fourth-order valence-electron chi connectivity index (χ4n) is 0. The topological polar surface area (TPSA) is 0 Å². The van der Waals surface area contributed by atoms with Crippen LogP contribution in [0, 0.1) is 0 Å². The molecular weight excluding hydrogens is 256 g/mol. The summed E-state index contributed by atoms with van der Waals surface area (Å²) in [4.78, 5) is 0. The van der Waals surface area contributed by atoms with Gasteiger partial charge in [-0.25, -0.2) is 0 Å². The minimum absolute atomic E-state index is 0. The van der Waals surface area contributed by atoms with Crippen LogP contribution in [-0.4, -0.2) is 23.9 Å². The van der Waals surface area contributed by atoms with Crippen molar-refractivity contribution >= 4 is 23.9 Å². The molecule has 0 radical (unpaired) electrons. The van der Waals surface area contributed by atoms with Crippen LogP contribution >= 0.6 is 0 Å². The van der Waals surface area contributed by atoms with Gasteiger partial charge in [0.25, 0.3) is 0 Å². The first-order valence-corrected chi connectivity index (χ1v) is 0. The molecule has 0 rings (SSSR count). The molecule has 0 aromatic heterocycles. The van der Waals surface area contributed by atoms with Gasteiger partial charge >= 0.3 is 53.5 Å². The molecule has 0 spiro atoms. The molecule has 0 atom stereocenters. The molecule has 0 heterocycles. The van der Waals surface area contributed by atoms with E-state index in [4.69, 9.17) is 0 Å². The molecule has 0 amide bonds. The normalized spacial score (nSPS) is 0. The average Bonchev–Trinajstić information content (AvgIpc) is 0. The maximum atomic E-state index is 0. The van der Waals surface area contributed by atoms with Gasteiger partial charge in [0.2, 0.25) is 0 Å². The predicted octanol–water partition coefficient (Wildman–Crippen LogP) is -18.2. The van der Waals surface area contributed by atoms with Gasteiger partial charge < -0.3 is 23.5 Å². The Bertz CT molecular complexity index is 8.49. The van der Waals surface area contributed by atoms with Crippen molar-refractivity contribution in [2.75, 3.05) is 0 Å². The van der Waals surface area contributed by atoms with Crippen LogP contribution in [0.2, 0.25) is 0 Å². The summed E-state index contributed by atoms with van der Waals surface area (Å²) in [6.07, 6.45) is 0. The molecule has 0 fully saturated rings. The second-order valence-corrected chi connectivity index (χ2v) is 0. The van der Waals surface area contributed by atoms with Crippen molar-refractivity contribution < 1.29 is 57.8 Å². The third kappa shape index (κ3) is 158. The van der Waals surface area contributed by atoms with Gasteiger partial charge in [0.15, 0.2) is 0 Å². The Hall–Kier alpha value is 1.38. The van der Waals surface area contributed by atoms with Crippen LogP contribution in [0.25, 0.3) is 0 Å². The first kappa shape index (κ1) is 346.